The predicted octanol–water partition coefficient (Wildman–Crippen LogP) is 4.35. The van der Waals surface area contributed by atoms with Gasteiger partial charge in [0.1, 0.15) is 11.6 Å². The number of hydrogen-bond donors (Lipinski definition) is 2. The maximum absolute atomic E-state index is 14.8. The van der Waals surface area contributed by atoms with E-state index in [4.69, 9.17) is 9.47 Å². The van der Waals surface area contributed by atoms with Crippen LogP contribution in [0.4, 0.5) is 14.6 Å². The summed E-state index contributed by atoms with van der Waals surface area (Å²) in [6, 6.07) is 6.80. The van der Waals surface area contributed by atoms with Gasteiger partial charge in [0.05, 0.1) is 29.6 Å². The highest BCUT2D eigenvalue weighted by molar-refractivity contribution is 5.94. The van der Waals surface area contributed by atoms with Gasteiger partial charge in [0, 0.05) is 23.5 Å². The van der Waals surface area contributed by atoms with Crippen LogP contribution in [0.1, 0.15) is 48.9 Å². The van der Waals surface area contributed by atoms with Crippen molar-refractivity contribution >= 4 is 22.6 Å². The van der Waals surface area contributed by atoms with Crippen molar-refractivity contribution in [3.05, 3.63) is 58.9 Å². The van der Waals surface area contributed by atoms with Crippen LogP contribution >= 0.6 is 0 Å². The zero-order valence-corrected chi connectivity index (χ0v) is 20.1. The van der Waals surface area contributed by atoms with E-state index >= 15 is 0 Å². The lowest BCUT2D eigenvalue weighted by atomic mass is 9.69. The zero-order chi connectivity index (χ0) is 24.9. The standard InChI is InChI=1S/C27H28F2N4O3/c1-16-10-19-18(21(29)13-30-22(19)11-20(16)28)4-5-27-8-6-26(7-9-27,15-36-27)31-12-17-2-3-23-25(32-17)33-24(34)14-35-23/h2-3,10-11,13,31H,4-9,12,14-15H2,1H3,(H,32,33,34). The van der Waals surface area contributed by atoms with Crippen LogP contribution in [0.2, 0.25) is 0 Å². The van der Waals surface area contributed by atoms with Crippen LogP contribution in [0.25, 0.3) is 10.9 Å². The number of carbonyl (C=O) groups excluding carboxylic acids is 1. The number of carbonyl (C=O) groups is 1. The highest BCUT2D eigenvalue weighted by Gasteiger charge is 2.49. The minimum absolute atomic E-state index is 0.0106. The van der Waals surface area contributed by atoms with Gasteiger partial charge in [0.2, 0.25) is 0 Å². The molecule has 0 unspecified atom stereocenters. The van der Waals surface area contributed by atoms with Crippen LogP contribution in [-0.2, 0) is 22.5 Å². The van der Waals surface area contributed by atoms with Crippen molar-refractivity contribution in [3.63, 3.8) is 0 Å². The van der Waals surface area contributed by atoms with Crippen LogP contribution in [0.15, 0.2) is 30.5 Å². The molecule has 0 spiro atoms. The Kier molecular flexibility index (Phi) is 5.64. The molecule has 2 aromatic heterocycles. The van der Waals surface area contributed by atoms with Crippen molar-refractivity contribution in [1.82, 2.24) is 15.3 Å². The van der Waals surface area contributed by atoms with Gasteiger partial charge >= 0.3 is 0 Å². The van der Waals surface area contributed by atoms with Crippen LogP contribution < -0.4 is 15.4 Å². The molecule has 36 heavy (non-hydrogen) atoms. The molecule has 2 saturated heterocycles. The Balaban J connectivity index is 1.10. The van der Waals surface area contributed by atoms with E-state index in [1.54, 1.807) is 13.0 Å². The maximum atomic E-state index is 14.8. The highest BCUT2D eigenvalue weighted by Crippen LogP contribution is 2.46. The maximum Gasteiger partial charge on any atom is 0.263 e. The molecule has 9 heteroatoms. The lowest BCUT2D eigenvalue weighted by Crippen LogP contribution is -2.61. The average Bonchev–Trinajstić information content (AvgIpc) is 2.89. The molecule has 2 N–H and O–H groups in total. The first kappa shape index (κ1) is 23.2. The number of fused-ring (bicyclic) bond motifs is 5. The second-order valence-electron chi connectivity index (χ2n) is 10.3. The fraction of sp³-hybridized carbons (Fsp3) is 0.444. The molecule has 3 aliphatic heterocycles. The number of ether oxygens (including phenoxy) is 2. The molecular formula is C27H28F2N4O3. The smallest absolute Gasteiger partial charge is 0.263 e. The molecular weight excluding hydrogens is 466 g/mol. The van der Waals surface area contributed by atoms with E-state index in [2.05, 4.69) is 20.6 Å². The number of benzene rings is 1. The number of rotatable bonds is 6. The SMILES string of the molecule is Cc1cc2c(CCC34CCC(NCc5ccc6c(n5)NC(=O)CO6)(CC3)CO4)c(F)cnc2cc1F. The molecule has 5 heterocycles. The molecule has 1 aliphatic carbocycles. The lowest BCUT2D eigenvalue weighted by molar-refractivity contribution is -0.165. The highest BCUT2D eigenvalue weighted by atomic mass is 19.1. The number of hydrogen-bond acceptors (Lipinski definition) is 6. The number of nitrogens with zero attached hydrogens (tertiary/aromatic N) is 2. The third-order valence-corrected chi connectivity index (χ3v) is 7.99. The average molecular weight is 495 g/mol. The Labute approximate surface area is 207 Å². The van der Waals surface area contributed by atoms with Crippen LogP contribution in [0, 0.1) is 18.6 Å². The number of nitrogens with one attached hydrogen (secondary N) is 2. The summed E-state index contributed by atoms with van der Waals surface area (Å²) < 4.78 is 40.5. The fourth-order valence-electron chi connectivity index (χ4n) is 5.65. The van der Waals surface area contributed by atoms with Crippen LogP contribution in [0.3, 0.4) is 0 Å². The molecule has 0 atom stereocenters. The molecule has 1 saturated carbocycles. The second-order valence-corrected chi connectivity index (χ2v) is 10.3. The van der Waals surface area contributed by atoms with Gasteiger partial charge in [-0.1, -0.05) is 0 Å². The fourth-order valence-corrected chi connectivity index (χ4v) is 5.65. The summed E-state index contributed by atoms with van der Waals surface area (Å²) >= 11 is 0. The van der Waals surface area contributed by atoms with Gasteiger partial charge in [0.15, 0.2) is 18.2 Å². The third kappa shape index (κ3) is 4.20. The van der Waals surface area contributed by atoms with E-state index in [0.717, 1.165) is 31.4 Å². The van der Waals surface area contributed by atoms with Crippen LogP contribution in [0.5, 0.6) is 5.75 Å². The van der Waals surface area contributed by atoms with Gasteiger partial charge in [0.25, 0.3) is 5.91 Å². The Morgan fingerprint density at radius 3 is 2.75 bits per heavy atom. The number of amides is 1. The molecule has 188 valence electrons. The van der Waals surface area contributed by atoms with Crippen LogP contribution in [-0.4, -0.2) is 40.2 Å². The van der Waals surface area contributed by atoms with Gasteiger partial charge < -0.3 is 20.1 Å². The summed E-state index contributed by atoms with van der Waals surface area (Å²) in [5.41, 5.74) is 1.97. The minimum atomic E-state index is -0.355. The first-order chi connectivity index (χ1) is 17.3. The Hall–Kier alpha value is -3.17. The Bertz CT molecular complexity index is 1340. The molecule has 4 aliphatic rings. The number of halogens is 2. The van der Waals surface area contributed by atoms with Crippen molar-refractivity contribution in [2.75, 3.05) is 18.5 Å². The first-order valence-electron chi connectivity index (χ1n) is 12.4. The number of anilines is 1. The van der Waals surface area contributed by atoms with Crippen molar-refractivity contribution in [1.29, 1.82) is 0 Å². The van der Waals surface area contributed by atoms with E-state index in [9.17, 15) is 13.6 Å². The van der Waals surface area contributed by atoms with E-state index < -0.39 is 0 Å². The number of pyridine rings is 2. The molecule has 3 aromatic rings. The number of aryl methyl sites for hydroxylation is 2. The van der Waals surface area contributed by atoms with Gasteiger partial charge in [-0.05, 0) is 74.8 Å². The van der Waals surface area contributed by atoms with Gasteiger partial charge in [-0.2, -0.15) is 0 Å². The van der Waals surface area contributed by atoms with E-state index in [1.165, 1.54) is 12.3 Å². The summed E-state index contributed by atoms with van der Waals surface area (Å²) in [6.07, 6.45) is 6.11. The van der Waals surface area contributed by atoms with Crippen molar-refractivity contribution < 1.29 is 23.0 Å². The normalized spacial score (nSPS) is 24.9. The molecule has 2 bridgehead atoms. The third-order valence-electron chi connectivity index (χ3n) is 7.99. The molecule has 1 amide bonds. The summed E-state index contributed by atoms with van der Waals surface area (Å²) in [5.74, 6) is 0.149. The second kappa shape index (κ2) is 8.74. The van der Waals surface area contributed by atoms with Crippen molar-refractivity contribution in [2.24, 2.45) is 0 Å². The first-order valence-corrected chi connectivity index (χ1v) is 12.4. The van der Waals surface area contributed by atoms with Crippen molar-refractivity contribution in [3.8, 4) is 5.75 Å². The topological polar surface area (TPSA) is 85.4 Å². The molecule has 3 fully saturated rings. The summed E-state index contributed by atoms with van der Waals surface area (Å²) in [5, 5.41) is 7.07. The summed E-state index contributed by atoms with van der Waals surface area (Å²) in [6.45, 7) is 2.84. The number of aromatic nitrogens is 2. The largest absolute Gasteiger partial charge is 0.480 e. The minimum Gasteiger partial charge on any atom is -0.480 e. The zero-order valence-electron chi connectivity index (χ0n) is 20.1. The predicted molar refractivity (Wildman–Crippen MR) is 130 cm³/mol. The van der Waals surface area contributed by atoms with E-state index in [-0.39, 0.29) is 35.3 Å². The van der Waals surface area contributed by atoms with Gasteiger partial charge in [-0.3, -0.25) is 9.78 Å². The molecule has 7 rings (SSSR count). The van der Waals surface area contributed by atoms with E-state index in [1.807, 2.05) is 12.1 Å². The van der Waals surface area contributed by atoms with Gasteiger partial charge in [-0.25, -0.2) is 13.8 Å². The Morgan fingerprint density at radius 1 is 1.14 bits per heavy atom. The molecule has 1 aromatic carbocycles. The molecule has 7 nitrogen and oxygen atoms in total. The van der Waals surface area contributed by atoms with Crippen molar-refractivity contribution in [2.45, 2.75) is 63.1 Å². The molecule has 0 radical (unpaired) electrons. The monoisotopic (exact) mass is 494 g/mol. The summed E-state index contributed by atoms with van der Waals surface area (Å²) in [7, 11) is 0. The lowest BCUT2D eigenvalue weighted by Gasteiger charge is -2.53. The summed E-state index contributed by atoms with van der Waals surface area (Å²) in [4.78, 5) is 20.2. The van der Waals surface area contributed by atoms with Gasteiger partial charge in [-0.15, -0.1) is 0 Å². The quantitative estimate of drug-likeness (QED) is 0.530. The van der Waals surface area contributed by atoms with E-state index in [0.29, 0.717) is 59.6 Å². The Morgan fingerprint density at radius 2 is 1.97 bits per heavy atom.